The summed E-state index contributed by atoms with van der Waals surface area (Å²) in [7, 11) is 0. The number of carbonyl (C=O) groups is 3. The summed E-state index contributed by atoms with van der Waals surface area (Å²) < 4.78 is 5.72. The van der Waals surface area contributed by atoms with Gasteiger partial charge in [0.05, 0.1) is 5.69 Å². The second-order valence-electron chi connectivity index (χ2n) is 7.39. The van der Waals surface area contributed by atoms with Gasteiger partial charge in [-0.25, -0.2) is 0 Å². The van der Waals surface area contributed by atoms with Crippen LogP contribution >= 0.6 is 11.6 Å². The molecule has 31 heavy (non-hydrogen) atoms. The third kappa shape index (κ3) is 4.88. The lowest BCUT2D eigenvalue weighted by Crippen LogP contribution is -2.30. The molecule has 0 radical (unpaired) electrons. The average Bonchev–Trinajstić information content (AvgIpc) is 3.17. The largest absolute Gasteiger partial charge is 0.449 e. The van der Waals surface area contributed by atoms with Crippen molar-refractivity contribution in [3.05, 3.63) is 64.4 Å². The minimum Gasteiger partial charge on any atom is -0.449 e. The van der Waals surface area contributed by atoms with E-state index in [2.05, 4.69) is 10.6 Å². The SMILES string of the molecule is O=C1Nc2cc(C(=O)NCCCN3CCCC3=O)ccc2O/C1=C/c1ccccc1Cl. The van der Waals surface area contributed by atoms with Crippen molar-refractivity contribution in [2.45, 2.75) is 19.3 Å². The van der Waals surface area contributed by atoms with E-state index < -0.39 is 5.91 Å². The quantitative estimate of drug-likeness (QED) is 0.533. The Bertz CT molecular complexity index is 1070. The van der Waals surface area contributed by atoms with Gasteiger partial charge < -0.3 is 20.3 Å². The van der Waals surface area contributed by atoms with Crippen LogP contribution in [0.1, 0.15) is 35.2 Å². The smallest absolute Gasteiger partial charge is 0.291 e. The Morgan fingerprint density at radius 3 is 2.84 bits per heavy atom. The molecule has 0 unspecified atom stereocenters. The number of carbonyl (C=O) groups excluding carboxylic acids is 3. The molecule has 0 aromatic heterocycles. The Morgan fingerprint density at radius 2 is 2.06 bits per heavy atom. The lowest BCUT2D eigenvalue weighted by Gasteiger charge is -2.20. The number of likely N-dealkylation sites (tertiary alicyclic amines) is 1. The van der Waals surface area contributed by atoms with Crippen molar-refractivity contribution in [2.75, 3.05) is 25.0 Å². The maximum Gasteiger partial charge on any atom is 0.291 e. The van der Waals surface area contributed by atoms with Crippen LogP contribution in [0.3, 0.4) is 0 Å². The molecule has 0 saturated carbocycles. The van der Waals surface area contributed by atoms with Crippen molar-refractivity contribution in [2.24, 2.45) is 0 Å². The standard InChI is InChI=1S/C23H22ClN3O4/c24-17-6-2-1-5-15(17)14-20-23(30)26-18-13-16(8-9-19(18)31-20)22(29)25-10-4-12-27-11-3-7-21(27)28/h1-2,5-6,8-9,13-14H,3-4,7,10-12H2,(H,25,29)(H,26,30)/b20-14+. The molecule has 160 valence electrons. The molecular weight excluding hydrogens is 418 g/mol. The number of benzene rings is 2. The van der Waals surface area contributed by atoms with E-state index in [-0.39, 0.29) is 17.6 Å². The lowest BCUT2D eigenvalue weighted by atomic mass is 10.1. The molecule has 3 amide bonds. The number of rotatable bonds is 6. The highest BCUT2D eigenvalue weighted by atomic mass is 35.5. The van der Waals surface area contributed by atoms with Gasteiger partial charge in [-0.3, -0.25) is 14.4 Å². The van der Waals surface area contributed by atoms with E-state index in [9.17, 15) is 14.4 Å². The van der Waals surface area contributed by atoms with Crippen LogP contribution in [0.4, 0.5) is 5.69 Å². The molecule has 2 aliphatic rings. The summed E-state index contributed by atoms with van der Waals surface area (Å²) in [5.41, 5.74) is 1.51. The number of anilines is 1. The zero-order valence-corrected chi connectivity index (χ0v) is 17.6. The van der Waals surface area contributed by atoms with Gasteiger partial charge in [-0.15, -0.1) is 0 Å². The van der Waals surface area contributed by atoms with E-state index in [1.165, 1.54) is 0 Å². The van der Waals surface area contributed by atoms with Crippen LogP contribution < -0.4 is 15.4 Å². The molecule has 2 heterocycles. The summed E-state index contributed by atoms with van der Waals surface area (Å²) in [5.74, 6) is 0.0819. The van der Waals surface area contributed by atoms with Crippen LogP contribution in [0.15, 0.2) is 48.2 Å². The van der Waals surface area contributed by atoms with Crippen molar-refractivity contribution >= 4 is 41.1 Å². The normalized spacial score (nSPS) is 16.7. The fourth-order valence-electron chi connectivity index (χ4n) is 3.55. The van der Waals surface area contributed by atoms with E-state index >= 15 is 0 Å². The number of amides is 3. The zero-order chi connectivity index (χ0) is 21.8. The van der Waals surface area contributed by atoms with Gasteiger partial charge in [0, 0.05) is 36.6 Å². The minimum atomic E-state index is -0.416. The van der Waals surface area contributed by atoms with Gasteiger partial charge in [0.25, 0.3) is 11.8 Å². The Morgan fingerprint density at radius 1 is 1.23 bits per heavy atom. The molecule has 1 saturated heterocycles. The lowest BCUT2D eigenvalue weighted by molar-refractivity contribution is -0.127. The summed E-state index contributed by atoms with van der Waals surface area (Å²) >= 11 is 6.15. The molecule has 2 aromatic carbocycles. The molecule has 2 N–H and O–H groups in total. The zero-order valence-electron chi connectivity index (χ0n) is 16.8. The van der Waals surface area contributed by atoms with Gasteiger partial charge >= 0.3 is 0 Å². The predicted molar refractivity (Wildman–Crippen MR) is 118 cm³/mol. The maximum absolute atomic E-state index is 12.4. The first-order chi connectivity index (χ1) is 15.0. The summed E-state index contributed by atoms with van der Waals surface area (Å²) in [4.78, 5) is 38.3. The first-order valence-corrected chi connectivity index (χ1v) is 10.5. The van der Waals surface area contributed by atoms with E-state index in [1.807, 2.05) is 11.0 Å². The molecule has 8 heteroatoms. The van der Waals surface area contributed by atoms with Crippen LogP contribution in [0.5, 0.6) is 5.75 Å². The van der Waals surface area contributed by atoms with E-state index in [0.717, 1.165) is 13.0 Å². The molecule has 2 aliphatic heterocycles. The number of fused-ring (bicyclic) bond motifs is 1. The highest BCUT2D eigenvalue weighted by molar-refractivity contribution is 6.32. The number of halogens is 1. The van der Waals surface area contributed by atoms with Crippen LogP contribution in [0, 0.1) is 0 Å². The number of hydrogen-bond donors (Lipinski definition) is 2. The number of nitrogens with one attached hydrogen (secondary N) is 2. The maximum atomic E-state index is 12.4. The molecule has 2 aromatic rings. The summed E-state index contributed by atoms with van der Waals surface area (Å²) in [6.07, 6.45) is 3.79. The summed E-state index contributed by atoms with van der Waals surface area (Å²) in [5, 5.41) is 6.11. The molecule has 4 rings (SSSR count). The molecular formula is C23H22ClN3O4. The molecule has 0 aliphatic carbocycles. The van der Waals surface area contributed by atoms with Crippen molar-refractivity contribution in [3.63, 3.8) is 0 Å². The highest BCUT2D eigenvalue weighted by Gasteiger charge is 2.24. The van der Waals surface area contributed by atoms with E-state index in [0.29, 0.717) is 53.5 Å². The Kier molecular flexibility index (Phi) is 6.23. The number of hydrogen-bond acceptors (Lipinski definition) is 4. The molecule has 1 fully saturated rings. The molecule has 0 atom stereocenters. The van der Waals surface area contributed by atoms with Gasteiger partial charge in [-0.2, -0.15) is 0 Å². The second kappa shape index (κ2) is 9.22. The van der Waals surface area contributed by atoms with Crippen molar-refractivity contribution in [3.8, 4) is 5.75 Å². The number of nitrogens with zero attached hydrogens (tertiary/aromatic N) is 1. The van der Waals surface area contributed by atoms with Gasteiger partial charge in [0.15, 0.2) is 11.5 Å². The van der Waals surface area contributed by atoms with Crippen molar-refractivity contribution in [1.82, 2.24) is 10.2 Å². The van der Waals surface area contributed by atoms with Gasteiger partial charge in [-0.05, 0) is 48.7 Å². The molecule has 0 bridgehead atoms. The third-order valence-corrected chi connectivity index (χ3v) is 5.53. The highest BCUT2D eigenvalue weighted by Crippen LogP contribution is 2.33. The van der Waals surface area contributed by atoms with Gasteiger partial charge in [0.2, 0.25) is 5.91 Å². The fourth-order valence-corrected chi connectivity index (χ4v) is 3.74. The third-order valence-electron chi connectivity index (χ3n) is 5.19. The van der Waals surface area contributed by atoms with Crippen LogP contribution in [-0.2, 0) is 9.59 Å². The Labute approximate surface area is 185 Å². The monoisotopic (exact) mass is 439 g/mol. The first kappa shape index (κ1) is 20.9. The predicted octanol–water partition coefficient (Wildman–Crippen LogP) is 3.45. The van der Waals surface area contributed by atoms with E-state index in [1.54, 1.807) is 42.5 Å². The number of ether oxygens (including phenoxy) is 1. The Balaban J connectivity index is 1.37. The van der Waals surface area contributed by atoms with Crippen LogP contribution in [0.2, 0.25) is 5.02 Å². The topological polar surface area (TPSA) is 87.7 Å². The molecule has 7 nitrogen and oxygen atoms in total. The Hall–Kier alpha value is -3.32. The van der Waals surface area contributed by atoms with Crippen LogP contribution in [0.25, 0.3) is 6.08 Å². The fraction of sp³-hybridized carbons (Fsp3) is 0.261. The van der Waals surface area contributed by atoms with E-state index in [4.69, 9.17) is 16.3 Å². The van der Waals surface area contributed by atoms with Crippen molar-refractivity contribution < 1.29 is 19.1 Å². The first-order valence-electron chi connectivity index (χ1n) is 10.2. The average molecular weight is 440 g/mol. The van der Waals surface area contributed by atoms with Crippen LogP contribution in [-0.4, -0.2) is 42.3 Å². The van der Waals surface area contributed by atoms with Gasteiger partial charge in [0.1, 0.15) is 0 Å². The second-order valence-corrected chi connectivity index (χ2v) is 7.80. The van der Waals surface area contributed by atoms with Gasteiger partial charge in [-0.1, -0.05) is 29.8 Å². The minimum absolute atomic E-state index is 0.120. The summed E-state index contributed by atoms with van der Waals surface area (Å²) in [6, 6.07) is 12.0. The molecule has 0 spiro atoms. The van der Waals surface area contributed by atoms with Crippen molar-refractivity contribution in [1.29, 1.82) is 0 Å². The summed E-state index contributed by atoms with van der Waals surface area (Å²) in [6.45, 7) is 1.91.